The van der Waals surface area contributed by atoms with Gasteiger partial charge in [-0.25, -0.2) is 4.79 Å². The molecule has 0 spiro atoms. The van der Waals surface area contributed by atoms with Crippen LogP contribution >= 0.6 is 0 Å². The highest BCUT2D eigenvalue weighted by Gasteiger charge is 2.26. The number of phenolic OH excluding ortho intramolecular Hbond substituents is 1. The number of rotatable bonds is 9. The second-order valence-corrected chi connectivity index (χ2v) is 7.95. The van der Waals surface area contributed by atoms with Crippen molar-refractivity contribution in [2.24, 2.45) is 0 Å². The van der Waals surface area contributed by atoms with Crippen molar-refractivity contribution in [1.82, 2.24) is 4.90 Å². The highest BCUT2D eigenvalue weighted by Crippen LogP contribution is 2.41. The third-order valence-electron chi connectivity index (χ3n) is 6.12. The maximum absolute atomic E-state index is 12.4. The highest BCUT2D eigenvalue weighted by molar-refractivity contribution is 6.06. The second-order valence-electron chi connectivity index (χ2n) is 7.95. The summed E-state index contributed by atoms with van der Waals surface area (Å²) < 4.78 is 0. The Morgan fingerprint density at radius 1 is 0.824 bits per heavy atom. The molecule has 0 saturated carbocycles. The van der Waals surface area contributed by atoms with E-state index in [1.165, 1.54) is 6.08 Å². The number of aromatic hydroxyl groups is 1. The SMILES string of the molecule is CCN(CC)C1=CC(=O)C=C/C1=C(\c1ccccc1C(=O)O)c1ccc(O)cc1N(CC)CC. The van der Waals surface area contributed by atoms with E-state index in [9.17, 15) is 19.8 Å². The normalized spacial score (nSPS) is 14.6. The van der Waals surface area contributed by atoms with Crippen molar-refractivity contribution in [3.05, 3.63) is 88.7 Å². The summed E-state index contributed by atoms with van der Waals surface area (Å²) in [7, 11) is 0. The Bertz CT molecular complexity index is 1170. The lowest BCUT2D eigenvalue weighted by Crippen LogP contribution is -2.26. The van der Waals surface area contributed by atoms with Crippen LogP contribution < -0.4 is 4.90 Å². The number of carboxylic acid groups (broad SMARTS) is 1. The minimum absolute atomic E-state index is 0.105. The van der Waals surface area contributed by atoms with Gasteiger partial charge in [-0.05, 0) is 63.6 Å². The maximum atomic E-state index is 12.4. The molecule has 1 aliphatic rings. The van der Waals surface area contributed by atoms with Gasteiger partial charge < -0.3 is 20.0 Å². The van der Waals surface area contributed by atoms with E-state index in [2.05, 4.69) is 9.80 Å². The first-order valence-corrected chi connectivity index (χ1v) is 11.7. The zero-order valence-electron chi connectivity index (χ0n) is 20.2. The topological polar surface area (TPSA) is 81.1 Å². The van der Waals surface area contributed by atoms with Gasteiger partial charge in [0.1, 0.15) is 5.75 Å². The molecule has 2 aromatic rings. The zero-order valence-corrected chi connectivity index (χ0v) is 20.2. The summed E-state index contributed by atoms with van der Waals surface area (Å²) in [6.07, 6.45) is 4.91. The van der Waals surface area contributed by atoms with Gasteiger partial charge >= 0.3 is 5.97 Å². The van der Waals surface area contributed by atoms with Gasteiger partial charge in [-0.1, -0.05) is 18.2 Å². The summed E-state index contributed by atoms with van der Waals surface area (Å²) in [6.45, 7) is 10.9. The van der Waals surface area contributed by atoms with Crippen molar-refractivity contribution in [2.45, 2.75) is 27.7 Å². The lowest BCUT2D eigenvalue weighted by molar-refractivity contribution is -0.110. The number of likely N-dealkylation sites (N-methyl/N-ethyl adjacent to an activating group) is 1. The average molecular weight is 461 g/mol. The van der Waals surface area contributed by atoms with E-state index in [0.29, 0.717) is 37.3 Å². The van der Waals surface area contributed by atoms with Gasteiger partial charge in [0, 0.05) is 66.4 Å². The van der Waals surface area contributed by atoms with Gasteiger partial charge in [-0.2, -0.15) is 0 Å². The fourth-order valence-electron chi connectivity index (χ4n) is 4.43. The molecule has 6 nitrogen and oxygen atoms in total. The van der Waals surface area contributed by atoms with Crippen LogP contribution in [-0.4, -0.2) is 53.0 Å². The molecule has 1 aliphatic carbocycles. The van der Waals surface area contributed by atoms with Crippen LogP contribution in [0.25, 0.3) is 5.57 Å². The predicted octanol–water partition coefficient (Wildman–Crippen LogP) is 5.10. The molecule has 0 fully saturated rings. The number of phenols is 1. The lowest BCUT2D eigenvalue weighted by atomic mass is 9.85. The molecule has 6 heteroatoms. The molecule has 0 radical (unpaired) electrons. The third-order valence-corrected chi connectivity index (χ3v) is 6.12. The molecule has 0 saturated heterocycles. The number of hydrogen-bond acceptors (Lipinski definition) is 5. The third kappa shape index (κ3) is 4.91. The molecule has 2 N–H and O–H groups in total. The summed E-state index contributed by atoms with van der Waals surface area (Å²) in [4.78, 5) is 28.8. The molecule has 34 heavy (non-hydrogen) atoms. The smallest absolute Gasteiger partial charge is 0.336 e. The number of carboxylic acids is 1. The van der Waals surface area contributed by atoms with Crippen LogP contribution in [0.1, 0.15) is 49.2 Å². The van der Waals surface area contributed by atoms with Crippen molar-refractivity contribution in [2.75, 3.05) is 31.1 Å². The molecule has 0 amide bonds. The standard InChI is InChI=1S/C28H32N2O4/c1-5-29(6-2)25-17-19(31)13-15-23(25)27(21-11-9-10-12-22(21)28(33)34)24-16-14-20(32)18-26(24)30(7-3)8-4/h9-18,31H,5-8H2,1-4H3,(H,33,34)/b27-24-. The number of ketones is 1. The van der Waals surface area contributed by atoms with Gasteiger partial charge in [-0.3, -0.25) is 4.79 Å². The van der Waals surface area contributed by atoms with Crippen molar-refractivity contribution < 1.29 is 19.8 Å². The maximum Gasteiger partial charge on any atom is 0.336 e. The Morgan fingerprint density at radius 3 is 2.03 bits per heavy atom. The number of anilines is 1. The van der Waals surface area contributed by atoms with Crippen molar-refractivity contribution >= 4 is 23.0 Å². The van der Waals surface area contributed by atoms with E-state index >= 15 is 0 Å². The molecular formula is C28H32N2O4. The van der Waals surface area contributed by atoms with Crippen LogP contribution in [0.4, 0.5) is 5.69 Å². The van der Waals surface area contributed by atoms with Crippen LogP contribution in [0, 0.1) is 0 Å². The van der Waals surface area contributed by atoms with Crippen LogP contribution in [-0.2, 0) is 4.79 Å². The molecule has 0 unspecified atom stereocenters. The van der Waals surface area contributed by atoms with Crippen molar-refractivity contribution in [1.29, 1.82) is 0 Å². The fraction of sp³-hybridized carbons (Fsp3) is 0.286. The Kier molecular flexibility index (Phi) is 7.95. The molecule has 0 atom stereocenters. The second kappa shape index (κ2) is 10.9. The highest BCUT2D eigenvalue weighted by atomic mass is 16.4. The summed E-state index contributed by atoms with van der Waals surface area (Å²) in [5.74, 6) is -0.998. The van der Waals surface area contributed by atoms with Crippen LogP contribution in [0.2, 0.25) is 0 Å². The Hall–Kier alpha value is -3.80. The predicted molar refractivity (Wildman–Crippen MR) is 136 cm³/mol. The monoisotopic (exact) mass is 460 g/mol. The van der Waals surface area contributed by atoms with E-state index < -0.39 is 5.97 Å². The minimum Gasteiger partial charge on any atom is -0.508 e. The van der Waals surface area contributed by atoms with E-state index in [1.807, 2.05) is 39.8 Å². The molecule has 178 valence electrons. The largest absolute Gasteiger partial charge is 0.508 e. The van der Waals surface area contributed by atoms with E-state index in [-0.39, 0.29) is 17.1 Å². The molecule has 0 aromatic heterocycles. The molecule has 0 heterocycles. The summed E-state index contributed by atoms with van der Waals surface area (Å²) in [5.41, 5.74) is 4.57. The molecule has 2 aromatic carbocycles. The van der Waals surface area contributed by atoms with Gasteiger partial charge in [0.2, 0.25) is 0 Å². The summed E-state index contributed by atoms with van der Waals surface area (Å²) >= 11 is 0. The Morgan fingerprint density at radius 2 is 1.44 bits per heavy atom. The first-order valence-electron chi connectivity index (χ1n) is 11.7. The first-order chi connectivity index (χ1) is 16.4. The van der Waals surface area contributed by atoms with Gasteiger partial charge in [0.25, 0.3) is 0 Å². The van der Waals surface area contributed by atoms with Gasteiger partial charge in [-0.15, -0.1) is 0 Å². The Labute approximate surface area is 201 Å². The van der Waals surface area contributed by atoms with Crippen LogP contribution in [0.15, 0.2) is 72.0 Å². The van der Waals surface area contributed by atoms with E-state index in [4.69, 9.17) is 0 Å². The molecular weight excluding hydrogens is 428 g/mol. The quantitative estimate of drug-likeness (QED) is 0.542. The van der Waals surface area contributed by atoms with E-state index in [0.717, 1.165) is 22.5 Å². The Balaban J connectivity index is 2.49. The number of carbonyl (C=O) groups excluding carboxylic acids is 1. The summed E-state index contributed by atoms with van der Waals surface area (Å²) in [5, 5.41) is 20.3. The van der Waals surface area contributed by atoms with Gasteiger partial charge in [0.05, 0.1) is 5.56 Å². The number of aromatic carboxylic acids is 1. The average Bonchev–Trinajstić information content (AvgIpc) is 2.83. The number of nitrogens with zero attached hydrogens (tertiary/aromatic N) is 2. The van der Waals surface area contributed by atoms with Crippen LogP contribution in [0.5, 0.6) is 5.75 Å². The first kappa shape index (κ1) is 24.8. The molecule has 0 aliphatic heterocycles. The van der Waals surface area contributed by atoms with Gasteiger partial charge in [0.15, 0.2) is 5.78 Å². The minimum atomic E-state index is -1.03. The molecule has 0 bridgehead atoms. The number of carbonyl (C=O) groups is 2. The number of benzene rings is 2. The summed E-state index contributed by atoms with van der Waals surface area (Å²) in [6, 6.07) is 12.1. The zero-order chi connectivity index (χ0) is 24.8. The fourth-order valence-corrected chi connectivity index (χ4v) is 4.43. The van der Waals surface area contributed by atoms with Crippen molar-refractivity contribution in [3.8, 4) is 5.75 Å². The molecule has 3 rings (SSSR count). The van der Waals surface area contributed by atoms with E-state index in [1.54, 1.807) is 42.5 Å². The van der Waals surface area contributed by atoms with Crippen molar-refractivity contribution in [3.63, 3.8) is 0 Å². The number of hydrogen-bond donors (Lipinski definition) is 2. The van der Waals surface area contributed by atoms with Crippen LogP contribution in [0.3, 0.4) is 0 Å². The number of allylic oxidation sites excluding steroid dienone is 3. The lowest BCUT2D eigenvalue weighted by Gasteiger charge is -2.31.